The third-order valence-corrected chi connectivity index (χ3v) is 5.03. The maximum absolute atomic E-state index is 12.9. The van der Waals surface area contributed by atoms with Gasteiger partial charge in [0.25, 0.3) is 5.91 Å². The molecule has 0 aliphatic carbocycles. The van der Waals surface area contributed by atoms with E-state index in [-0.39, 0.29) is 12.3 Å². The number of hydrogen-bond donors (Lipinski definition) is 2. The highest BCUT2D eigenvalue weighted by Crippen LogP contribution is 2.35. The SMILES string of the molecule is C#CCOc1c(CC=C)cc(/C=C2/NC(=O)N(CC(=O)Nc3ccc(C)cc3)C2=O)cc1OCC. The van der Waals surface area contributed by atoms with E-state index in [1.807, 2.05) is 26.0 Å². The molecule has 8 heteroatoms. The Hall–Kier alpha value is -4.51. The van der Waals surface area contributed by atoms with Gasteiger partial charge < -0.3 is 20.1 Å². The van der Waals surface area contributed by atoms with Gasteiger partial charge in [0.15, 0.2) is 11.5 Å². The Labute approximate surface area is 204 Å². The first-order valence-electron chi connectivity index (χ1n) is 11.0. The predicted octanol–water partition coefficient (Wildman–Crippen LogP) is 3.67. The van der Waals surface area contributed by atoms with E-state index in [0.717, 1.165) is 16.0 Å². The number of anilines is 1. The molecule has 0 aromatic heterocycles. The highest BCUT2D eigenvalue weighted by molar-refractivity contribution is 6.16. The van der Waals surface area contributed by atoms with E-state index < -0.39 is 24.4 Å². The van der Waals surface area contributed by atoms with E-state index in [1.165, 1.54) is 6.08 Å². The van der Waals surface area contributed by atoms with E-state index in [0.29, 0.717) is 35.8 Å². The van der Waals surface area contributed by atoms with Crippen molar-refractivity contribution >= 4 is 29.6 Å². The van der Waals surface area contributed by atoms with Crippen LogP contribution >= 0.6 is 0 Å². The molecule has 180 valence electrons. The maximum Gasteiger partial charge on any atom is 0.329 e. The fourth-order valence-corrected chi connectivity index (χ4v) is 3.48. The Kier molecular flexibility index (Phi) is 8.30. The first-order chi connectivity index (χ1) is 16.9. The summed E-state index contributed by atoms with van der Waals surface area (Å²) in [6, 6.07) is 10.0. The number of nitrogens with one attached hydrogen (secondary N) is 2. The molecular formula is C27H27N3O5. The molecule has 1 heterocycles. The number of imide groups is 1. The summed E-state index contributed by atoms with van der Waals surface area (Å²) in [5, 5.41) is 5.21. The minimum absolute atomic E-state index is 0.0439. The van der Waals surface area contributed by atoms with Crippen molar-refractivity contribution in [3.8, 4) is 23.8 Å². The van der Waals surface area contributed by atoms with Crippen LogP contribution in [0.3, 0.4) is 0 Å². The lowest BCUT2D eigenvalue weighted by molar-refractivity contribution is -0.127. The molecule has 3 rings (SSSR count). The van der Waals surface area contributed by atoms with Crippen molar-refractivity contribution in [3.63, 3.8) is 0 Å². The lowest BCUT2D eigenvalue weighted by Gasteiger charge is -2.15. The van der Waals surface area contributed by atoms with Crippen LogP contribution in [0.1, 0.15) is 23.6 Å². The van der Waals surface area contributed by atoms with Gasteiger partial charge in [0.05, 0.1) is 6.61 Å². The van der Waals surface area contributed by atoms with E-state index in [4.69, 9.17) is 15.9 Å². The number of benzene rings is 2. The van der Waals surface area contributed by atoms with Gasteiger partial charge >= 0.3 is 6.03 Å². The summed E-state index contributed by atoms with van der Waals surface area (Å²) in [7, 11) is 0. The number of carbonyl (C=O) groups is 3. The fourth-order valence-electron chi connectivity index (χ4n) is 3.48. The topological polar surface area (TPSA) is 97.0 Å². The number of terminal acetylenes is 1. The smallest absolute Gasteiger partial charge is 0.329 e. The van der Waals surface area contributed by atoms with Crippen molar-refractivity contribution in [3.05, 3.63) is 71.4 Å². The molecule has 0 radical (unpaired) electrons. The Bertz CT molecular complexity index is 1210. The van der Waals surface area contributed by atoms with Gasteiger partial charge in [-0.05, 0) is 56.2 Å². The number of aryl methyl sites for hydroxylation is 1. The highest BCUT2D eigenvalue weighted by Gasteiger charge is 2.35. The van der Waals surface area contributed by atoms with Crippen molar-refractivity contribution in [2.24, 2.45) is 0 Å². The molecule has 1 fully saturated rings. The van der Waals surface area contributed by atoms with Gasteiger partial charge in [0, 0.05) is 11.3 Å². The monoisotopic (exact) mass is 473 g/mol. The minimum Gasteiger partial charge on any atom is -0.490 e. The number of rotatable bonds is 10. The van der Waals surface area contributed by atoms with E-state index >= 15 is 0 Å². The molecule has 1 aliphatic rings. The summed E-state index contributed by atoms with van der Waals surface area (Å²) in [5.74, 6) is 2.30. The van der Waals surface area contributed by atoms with Crippen LogP contribution in [0, 0.1) is 19.3 Å². The number of carbonyl (C=O) groups excluding carboxylic acids is 3. The number of urea groups is 1. The molecule has 35 heavy (non-hydrogen) atoms. The van der Waals surface area contributed by atoms with Crippen molar-refractivity contribution in [1.29, 1.82) is 0 Å². The summed E-state index contributed by atoms with van der Waals surface area (Å²) in [4.78, 5) is 38.6. The first-order valence-corrected chi connectivity index (χ1v) is 11.0. The number of hydrogen-bond acceptors (Lipinski definition) is 5. The summed E-state index contributed by atoms with van der Waals surface area (Å²) in [6.07, 6.45) is 9.04. The Morgan fingerprint density at radius 3 is 2.63 bits per heavy atom. The molecule has 1 aliphatic heterocycles. The third kappa shape index (κ3) is 6.30. The third-order valence-electron chi connectivity index (χ3n) is 5.03. The molecule has 1 saturated heterocycles. The zero-order valence-corrected chi connectivity index (χ0v) is 19.7. The van der Waals surface area contributed by atoms with Gasteiger partial charge in [0.1, 0.15) is 18.8 Å². The number of amides is 4. The van der Waals surface area contributed by atoms with E-state index in [1.54, 1.807) is 30.3 Å². The van der Waals surface area contributed by atoms with Crippen LogP contribution in [0.5, 0.6) is 11.5 Å². The van der Waals surface area contributed by atoms with Crippen LogP contribution in [-0.4, -0.2) is 42.5 Å². The van der Waals surface area contributed by atoms with Crippen molar-refractivity contribution in [2.45, 2.75) is 20.3 Å². The zero-order valence-electron chi connectivity index (χ0n) is 19.7. The molecule has 8 nitrogen and oxygen atoms in total. The Balaban J connectivity index is 1.82. The predicted molar refractivity (Wildman–Crippen MR) is 134 cm³/mol. The molecule has 2 aromatic rings. The molecule has 2 aromatic carbocycles. The first kappa shape index (κ1) is 25.1. The van der Waals surface area contributed by atoms with Crippen molar-refractivity contribution in [2.75, 3.05) is 25.1 Å². The van der Waals surface area contributed by atoms with Gasteiger partial charge in [-0.1, -0.05) is 29.7 Å². The average Bonchev–Trinajstić information content (AvgIpc) is 3.07. The van der Waals surface area contributed by atoms with Crippen LogP contribution in [0.4, 0.5) is 10.5 Å². The molecular weight excluding hydrogens is 446 g/mol. The second-order valence-corrected chi connectivity index (χ2v) is 7.72. The van der Waals surface area contributed by atoms with E-state index in [9.17, 15) is 14.4 Å². The van der Waals surface area contributed by atoms with Gasteiger partial charge in [-0.2, -0.15) is 0 Å². The van der Waals surface area contributed by atoms with Gasteiger partial charge in [-0.25, -0.2) is 9.69 Å². The van der Waals surface area contributed by atoms with Crippen LogP contribution < -0.4 is 20.1 Å². The minimum atomic E-state index is -0.675. The second kappa shape index (κ2) is 11.6. The standard InChI is InChI=1S/C27H27N3O5/c1-5-8-20-14-19(16-23(34-7-3)25(20)35-13-6-2)15-22-26(32)30(27(33)29-22)17-24(31)28-21-11-9-18(4)10-12-21/h2,5,9-12,14-16H,1,7-8,13,17H2,3-4H3,(H,28,31)(H,29,33)/b22-15+. The number of allylic oxidation sites excluding steroid dienone is 1. The molecule has 0 spiro atoms. The molecule has 0 saturated carbocycles. The number of ether oxygens (including phenoxy) is 2. The lowest BCUT2D eigenvalue weighted by atomic mass is 10.0. The average molecular weight is 474 g/mol. The summed E-state index contributed by atoms with van der Waals surface area (Å²) < 4.78 is 11.4. The van der Waals surface area contributed by atoms with Gasteiger partial charge in [0.2, 0.25) is 5.91 Å². The number of nitrogens with zero attached hydrogens (tertiary/aromatic N) is 1. The van der Waals surface area contributed by atoms with Gasteiger partial charge in [-0.3, -0.25) is 9.59 Å². The van der Waals surface area contributed by atoms with Crippen molar-refractivity contribution in [1.82, 2.24) is 10.2 Å². The quantitative estimate of drug-likeness (QED) is 0.238. The van der Waals surface area contributed by atoms with Crippen LogP contribution in [-0.2, 0) is 16.0 Å². The molecule has 0 bridgehead atoms. The molecule has 0 atom stereocenters. The fraction of sp³-hybridized carbons (Fsp3) is 0.222. The molecule has 0 unspecified atom stereocenters. The normalized spacial score (nSPS) is 13.9. The Morgan fingerprint density at radius 1 is 1.23 bits per heavy atom. The van der Waals surface area contributed by atoms with Crippen LogP contribution in [0.15, 0.2) is 54.8 Å². The van der Waals surface area contributed by atoms with Crippen LogP contribution in [0.25, 0.3) is 6.08 Å². The molecule has 2 N–H and O–H groups in total. The lowest BCUT2D eigenvalue weighted by Crippen LogP contribution is -2.38. The second-order valence-electron chi connectivity index (χ2n) is 7.72. The maximum atomic E-state index is 12.9. The summed E-state index contributed by atoms with van der Waals surface area (Å²) in [5.41, 5.74) is 3.04. The zero-order chi connectivity index (χ0) is 25.4. The van der Waals surface area contributed by atoms with Crippen molar-refractivity contribution < 1.29 is 23.9 Å². The molecule has 4 amide bonds. The Morgan fingerprint density at radius 2 is 1.97 bits per heavy atom. The van der Waals surface area contributed by atoms with Crippen LogP contribution in [0.2, 0.25) is 0 Å². The highest BCUT2D eigenvalue weighted by atomic mass is 16.5. The van der Waals surface area contributed by atoms with E-state index in [2.05, 4.69) is 23.1 Å². The largest absolute Gasteiger partial charge is 0.490 e. The summed E-state index contributed by atoms with van der Waals surface area (Å²) >= 11 is 0. The summed E-state index contributed by atoms with van der Waals surface area (Å²) in [6.45, 7) is 7.58. The van der Waals surface area contributed by atoms with Gasteiger partial charge in [-0.15, -0.1) is 13.0 Å².